The van der Waals surface area contributed by atoms with E-state index in [0.717, 1.165) is 23.3 Å². The van der Waals surface area contributed by atoms with E-state index in [2.05, 4.69) is 0 Å². The number of hydrogen-bond donors (Lipinski definition) is 1. The summed E-state index contributed by atoms with van der Waals surface area (Å²) < 4.78 is 49.7. The van der Waals surface area contributed by atoms with Crippen LogP contribution in [0.25, 0.3) is 11.3 Å². The van der Waals surface area contributed by atoms with Gasteiger partial charge in [-0.05, 0) is 68.7 Å². The van der Waals surface area contributed by atoms with Crippen LogP contribution in [0.5, 0.6) is 5.75 Å². The van der Waals surface area contributed by atoms with Crippen molar-refractivity contribution < 1.29 is 32.2 Å². The fourth-order valence-corrected chi connectivity index (χ4v) is 3.30. The van der Waals surface area contributed by atoms with Crippen molar-refractivity contribution in [3.05, 3.63) is 77.0 Å². The maximum absolute atomic E-state index is 12.7. The standard InChI is InChI=1S/C25H25F3O4/c1-16-19(14-22(32-16)18-6-8-20(9-7-18)25(26,27)28)12-13-31-21-10-4-17(5-11-21)15-24(2,3)23(29)30/h4-11,14H,12-13,15H2,1-3H3,(H,29,30). The van der Waals surface area contributed by atoms with Gasteiger partial charge in [0.05, 0.1) is 17.6 Å². The molecule has 0 aliphatic heterocycles. The molecule has 170 valence electrons. The third-order valence-corrected chi connectivity index (χ3v) is 5.31. The third-order valence-electron chi connectivity index (χ3n) is 5.31. The van der Waals surface area contributed by atoms with Gasteiger partial charge in [0.1, 0.15) is 17.3 Å². The van der Waals surface area contributed by atoms with E-state index in [1.165, 1.54) is 12.1 Å². The SMILES string of the molecule is Cc1oc(-c2ccc(C(F)(F)F)cc2)cc1CCOc1ccc(CC(C)(C)C(=O)O)cc1. The molecule has 32 heavy (non-hydrogen) atoms. The molecule has 0 fully saturated rings. The Morgan fingerprint density at radius 1 is 1.03 bits per heavy atom. The molecule has 1 N–H and O–H groups in total. The van der Waals surface area contributed by atoms with Crippen LogP contribution in [0.2, 0.25) is 0 Å². The summed E-state index contributed by atoms with van der Waals surface area (Å²) in [4.78, 5) is 11.3. The molecule has 0 spiro atoms. The zero-order valence-corrected chi connectivity index (χ0v) is 18.1. The maximum atomic E-state index is 12.7. The van der Waals surface area contributed by atoms with Gasteiger partial charge < -0.3 is 14.3 Å². The van der Waals surface area contributed by atoms with Crippen molar-refractivity contribution in [2.75, 3.05) is 6.61 Å². The quantitative estimate of drug-likeness (QED) is 0.426. The van der Waals surface area contributed by atoms with Crippen LogP contribution in [-0.4, -0.2) is 17.7 Å². The Labute approximate surface area is 184 Å². The minimum Gasteiger partial charge on any atom is -0.493 e. The summed E-state index contributed by atoms with van der Waals surface area (Å²) in [6, 6.07) is 14.0. The Hall–Kier alpha value is -3.22. The number of aliphatic carboxylic acids is 1. The Morgan fingerprint density at radius 2 is 1.66 bits per heavy atom. The molecule has 1 heterocycles. The van der Waals surface area contributed by atoms with Crippen LogP contribution >= 0.6 is 0 Å². The average Bonchev–Trinajstić information content (AvgIpc) is 3.09. The van der Waals surface area contributed by atoms with Crippen molar-refractivity contribution in [2.24, 2.45) is 5.41 Å². The zero-order valence-electron chi connectivity index (χ0n) is 18.1. The number of benzene rings is 2. The Balaban J connectivity index is 1.58. The molecule has 4 nitrogen and oxygen atoms in total. The van der Waals surface area contributed by atoms with Crippen LogP contribution < -0.4 is 4.74 Å². The molecule has 0 radical (unpaired) electrons. The summed E-state index contributed by atoms with van der Waals surface area (Å²) in [7, 11) is 0. The fraction of sp³-hybridized carbons (Fsp3) is 0.320. The van der Waals surface area contributed by atoms with Gasteiger partial charge in [0.2, 0.25) is 0 Å². The highest BCUT2D eigenvalue weighted by atomic mass is 19.4. The Bertz CT molecular complexity index is 1060. The van der Waals surface area contributed by atoms with Crippen LogP contribution in [0.3, 0.4) is 0 Å². The second-order valence-electron chi connectivity index (χ2n) is 8.38. The van der Waals surface area contributed by atoms with Gasteiger partial charge in [-0.1, -0.05) is 24.3 Å². The second kappa shape index (κ2) is 9.10. The monoisotopic (exact) mass is 446 g/mol. The van der Waals surface area contributed by atoms with Gasteiger partial charge in [-0.3, -0.25) is 4.79 Å². The van der Waals surface area contributed by atoms with E-state index in [1.54, 1.807) is 13.8 Å². The lowest BCUT2D eigenvalue weighted by Gasteiger charge is -2.19. The van der Waals surface area contributed by atoms with Gasteiger partial charge in [0.25, 0.3) is 0 Å². The van der Waals surface area contributed by atoms with Crippen LogP contribution in [0, 0.1) is 12.3 Å². The van der Waals surface area contributed by atoms with Crippen LogP contribution in [0.4, 0.5) is 13.2 Å². The molecule has 0 unspecified atom stereocenters. The van der Waals surface area contributed by atoms with Crippen molar-refractivity contribution >= 4 is 5.97 Å². The molecule has 0 amide bonds. The first-order chi connectivity index (χ1) is 15.0. The summed E-state index contributed by atoms with van der Waals surface area (Å²) in [5.74, 6) is 1.03. The number of furan rings is 1. The van der Waals surface area contributed by atoms with E-state index in [1.807, 2.05) is 37.3 Å². The van der Waals surface area contributed by atoms with Gasteiger partial charge in [0, 0.05) is 12.0 Å². The average molecular weight is 446 g/mol. The molecule has 0 saturated carbocycles. The maximum Gasteiger partial charge on any atom is 0.416 e. The smallest absolute Gasteiger partial charge is 0.416 e. The van der Waals surface area contributed by atoms with Gasteiger partial charge in [0.15, 0.2) is 0 Å². The lowest BCUT2D eigenvalue weighted by atomic mass is 9.86. The predicted molar refractivity (Wildman–Crippen MR) is 115 cm³/mol. The molecule has 2 aromatic carbocycles. The van der Waals surface area contributed by atoms with Gasteiger partial charge in [-0.15, -0.1) is 0 Å². The van der Waals surface area contributed by atoms with Gasteiger partial charge in [-0.25, -0.2) is 0 Å². The number of hydrogen-bond acceptors (Lipinski definition) is 3. The van der Waals surface area contributed by atoms with Gasteiger partial charge >= 0.3 is 12.1 Å². The summed E-state index contributed by atoms with van der Waals surface area (Å²) in [5, 5.41) is 9.25. The number of carboxylic acids is 1. The molecule has 1 aromatic heterocycles. The fourth-order valence-electron chi connectivity index (χ4n) is 3.30. The molecule has 0 bridgehead atoms. The number of ether oxygens (including phenoxy) is 1. The van der Waals surface area contributed by atoms with Crippen LogP contribution in [-0.2, 0) is 23.8 Å². The minimum atomic E-state index is -4.37. The van der Waals surface area contributed by atoms with Crippen molar-refractivity contribution in [1.29, 1.82) is 0 Å². The summed E-state index contributed by atoms with van der Waals surface area (Å²) in [5.41, 5.74) is 0.867. The highest BCUT2D eigenvalue weighted by Gasteiger charge is 2.30. The highest BCUT2D eigenvalue weighted by Crippen LogP contribution is 2.32. The minimum absolute atomic E-state index is 0.396. The molecular weight excluding hydrogens is 421 g/mol. The van der Waals surface area contributed by atoms with E-state index >= 15 is 0 Å². The molecular formula is C25H25F3O4. The van der Waals surface area contributed by atoms with Crippen molar-refractivity contribution in [2.45, 2.75) is 39.8 Å². The highest BCUT2D eigenvalue weighted by molar-refractivity contribution is 5.74. The molecule has 7 heteroatoms. The molecule has 3 rings (SSSR count). The molecule has 0 saturated heterocycles. The number of carbonyl (C=O) groups is 1. The molecule has 0 aliphatic carbocycles. The number of aryl methyl sites for hydroxylation is 1. The second-order valence-corrected chi connectivity index (χ2v) is 8.38. The normalized spacial score (nSPS) is 12.1. The summed E-state index contributed by atoms with van der Waals surface area (Å²) in [6.07, 6.45) is -3.38. The first kappa shape index (κ1) is 23.4. The third kappa shape index (κ3) is 5.72. The topological polar surface area (TPSA) is 59.7 Å². The van der Waals surface area contributed by atoms with Crippen LogP contribution in [0.1, 0.15) is 36.3 Å². The first-order valence-electron chi connectivity index (χ1n) is 10.2. The lowest BCUT2D eigenvalue weighted by Crippen LogP contribution is -2.26. The Kier molecular flexibility index (Phi) is 6.67. The predicted octanol–water partition coefficient (Wildman–Crippen LogP) is 6.55. The van der Waals surface area contributed by atoms with Crippen molar-refractivity contribution in [3.63, 3.8) is 0 Å². The number of alkyl halides is 3. The molecule has 0 aliphatic rings. The van der Waals surface area contributed by atoms with Crippen molar-refractivity contribution in [3.8, 4) is 17.1 Å². The summed E-state index contributed by atoms with van der Waals surface area (Å²) >= 11 is 0. The van der Waals surface area contributed by atoms with Crippen LogP contribution in [0.15, 0.2) is 59.0 Å². The van der Waals surface area contributed by atoms with E-state index in [9.17, 15) is 23.1 Å². The number of halogens is 3. The summed E-state index contributed by atoms with van der Waals surface area (Å²) in [6.45, 7) is 5.58. The lowest BCUT2D eigenvalue weighted by molar-refractivity contribution is -0.146. The zero-order chi connectivity index (χ0) is 23.5. The number of carboxylic acid groups (broad SMARTS) is 1. The van der Waals surface area contributed by atoms with Crippen molar-refractivity contribution in [1.82, 2.24) is 0 Å². The van der Waals surface area contributed by atoms with Gasteiger partial charge in [-0.2, -0.15) is 13.2 Å². The molecule has 3 aromatic rings. The van der Waals surface area contributed by atoms with E-state index < -0.39 is 23.1 Å². The van der Waals surface area contributed by atoms with E-state index in [-0.39, 0.29) is 0 Å². The Morgan fingerprint density at radius 3 is 2.22 bits per heavy atom. The first-order valence-corrected chi connectivity index (χ1v) is 10.2. The van der Waals surface area contributed by atoms with E-state index in [4.69, 9.17) is 9.15 Å². The largest absolute Gasteiger partial charge is 0.493 e. The molecule has 0 atom stereocenters. The number of rotatable bonds is 8. The van der Waals surface area contributed by atoms with E-state index in [0.29, 0.717) is 42.3 Å².